The summed E-state index contributed by atoms with van der Waals surface area (Å²) in [6.07, 6.45) is 7.42. The fourth-order valence-electron chi connectivity index (χ4n) is 7.31. The Kier molecular flexibility index (Phi) is 5.13. The molecule has 0 unspecified atom stereocenters. The fourth-order valence-corrected chi connectivity index (χ4v) is 8.03. The highest BCUT2D eigenvalue weighted by molar-refractivity contribution is 8.07. The quantitative estimate of drug-likeness (QED) is 0.353. The number of esters is 1. The summed E-state index contributed by atoms with van der Waals surface area (Å²) in [6, 6.07) is 0. The molecule has 2 fully saturated rings. The molecule has 164 valence electrons. The van der Waals surface area contributed by atoms with E-state index in [0.717, 1.165) is 41.5 Å². The molecule has 0 amide bonds. The molecule has 0 heterocycles. The largest absolute Gasteiger partial charge is 0.446 e. The molecule has 4 aliphatic rings. The number of carbonyl (C=O) groups excluding carboxylic acids is 3. The summed E-state index contributed by atoms with van der Waals surface area (Å²) in [4.78, 5) is 38.1. The molecule has 4 aliphatic carbocycles. The van der Waals surface area contributed by atoms with Crippen molar-refractivity contribution in [3.63, 3.8) is 0 Å². The molecule has 4 rings (SSSR count). The summed E-state index contributed by atoms with van der Waals surface area (Å²) in [5.41, 5.74) is -0.363. The lowest BCUT2D eigenvalue weighted by molar-refractivity contribution is -0.179. The van der Waals surface area contributed by atoms with Gasteiger partial charge in [0.05, 0.1) is 0 Å². The third-order valence-corrected chi connectivity index (χ3v) is 9.35. The van der Waals surface area contributed by atoms with Crippen LogP contribution >= 0.6 is 11.8 Å². The van der Waals surface area contributed by atoms with E-state index in [9.17, 15) is 19.6 Å². The first-order chi connectivity index (χ1) is 14.5. The van der Waals surface area contributed by atoms with E-state index in [4.69, 9.17) is 4.74 Å². The maximum Gasteiger partial charge on any atom is 0.303 e. The van der Waals surface area contributed by atoms with Gasteiger partial charge in [0.25, 0.3) is 0 Å². The number of nitriles is 1. The molecular weight excluding hydrogens is 410 g/mol. The van der Waals surface area contributed by atoms with E-state index >= 15 is 0 Å². The van der Waals surface area contributed by atoms with Gasteiger partial charge in [-0.15, -0.1) is 0 Å². The Morgan fingerprint density at radius 2 is 1.97 bits per heavy atom. The van der Waals surface area contributed by atoms with Crippen LogP contribution in [0.4, 0.5) is 0 Å². The lowest BCUT2D eigenvalue weighted by atomic mass is 9.48. The van der Waals surface area contributed by atoms with Crippen LogP contribution in [0.5, 0.6) is 0 Å². The van der Waals surface area contributed by atoms with Gasteiger partial charge in [0.1, 0.15) is 5.40 Å². The number of ether oxygens (including phenoxy) is 1. The Hall–Kier alpha value is -2.13. The van der Waals surface area contributed by atoms with Crippen LogP contribution in [0.1, 0.15) is 59.8 Å². The summed E-state index contributed by atoms with van der Waals surface area (Å²) in [7, 11) is 0. The van der Waals surface area contributed by atoms with E-state index in [1.54, 1.807) is 6.08 Å². The fraction of sp³-hybridized carbons (Fsp3) is 0.600. The number of ketones is 2. The topological polar surface area (TPSA) is 84.2 Å². The van der Waals surface area contributed by atoms with Crippen molar-refractivity contribution >= 4 is 29.3 Å². The van der Waals surface area contributed by atoms with Crippen LogP contribution in [0.25, 0.3) is 0 Å². The minimum atomic E-state index is -1.30. The minimum absolute atomic E-state index is 0.0762. The highest BCUT2D eigenvalue weighted by Gasteiger charge is 2.69. The Bertz CT molecular complexity index is 1000. The molecule has 0 aromatic heterocycles. The molecule has 2 saturated carbocycles. The highest BCUT2D eigenvalue weighted by Crippen LogP contribution is 2.69. The Morgan fingerprint density at radius 3 is 2.58 bits per heavy atom. The van der Waals surface area contributed by atoms with E-state index in [1.807, 2.05) is 0 Å². The van der Waals surface area contributed by atoms with Crippen molar-refractivity contribution in [2.24, 2.45) is 28.6 Å². The van der Waals surface area contributed by atoms with Gasteiger partial charge < -0.3 is 4.74 Å². The number of nitrogens with zero attached hydrogens (tertiary/aromatic N) is 1. The van der Waals surface area contributed by atoms with Gasteiger partial charge in [0.2, 0.25) is 0 Å². The second kappa shape index (κ2) is 7.20. The second-order valence-electron chi connectivity index (χ2n) is 10.1. The van der Waals surface area contributed by atoms with Crippen molar-refractivity contribution in [3.05, 3.63) is 34.8 Å². The molecule has 6 heteroatoms. The Morgan fingerprint density at radius 1 is 1.26 bits per heavy atom. The third-order valence-electron chi connectivity index (χ3n) is 8.68. The van der Waals surface area contributed by atoms with Crippen LogP contribution in [0.2, 0.25) is 0 Å². The number of thiocyanates is 1. The number of carbonyl (C=O) groups is 3. The molecular formula is C25H29NO4S. The standard InChI is InChI=1S/C25H29NO4S/c1-14-10-20-18-12-22(31-13-26)21-11-17(29)6-8-23(21,4)19(18)7-9-24(20,5)25(14,15(2)27)30-16(3)28/h11-12,18-20H,1,6-10H2,2-5H3/t18-,19+,20+,23-,24+,25+/m1/s1. The predicted octanol–water partition coefficient (Wildman–Crippen LogP) is 4.89. The smallest absolute Gasteiger partial charge is 0.303 e. The van der Waals surface area contributed by atoms with Crippen molar-refractivity contribution in [2.45, 2.75) is 65.4 Å². The zero-order valence-electron chi connectivity index (χ0n) is 18.6. The van der Waals surface area contributed by atoms with Gasteiger partial charge in [-0.25, -0.2) is 0 Å². The normalized spacial score (nSPS) is 41.2. The van der Waals surface area contributed by atoms with Crippen molar-refractivity contribution in [1.82, 2.24) is 0 Å². The second-order valence-corrected chi connectivity index (χ2v) is 10.9. The Balaban J connectivity index is 1.87. The monoisotopic (exact) mass is 439 g/mol. The molecule has 0 bridgehead atoms. The van der Waals surface area contributed by atoms with Gasteiger partial charge in [-0.3, -0.25) is 14.4 Å². The first-order valence-corrected chi connectivity index (χ1v) is 11.7. The lowest BCUT2D eigenvalue weighted by Gasteiger charge is -2.57. The number of Topliss-reactive ketones (excluding diaryl/α,β-unsaturated/α-hetero) is 1. The number of allylic oxidation sites excluding steroid dienone is 3. The van der Waals surface area contributed by atoms with Gasteiger partial charge in [0.15, 0.2) is 17.2 Å². The van der Waals surface area contributed by atoms with Gasteiger partial charge in [-0.1, -0.05) is 26.5 Å². The zero-order chi connectivity index (χ0) is 22.8. The summed E-state index contributed by atoms with van der Waals surface area (Å²) in [5, 5.41) is 11.6. The van der Waals surface area contributed by atoms with Gasteiger partial charge in [0, 0.05) is 23.7 Å². The molecule has 0 aromatic carbocycles. The summed E-state index contributed by atoms with van der Waals surface area (Å²) in [5.74, 6) is -0.0109. The highest BCUT2D eigenvalue weighted by atomic mass is 32.2. The SMILES string of the molecule is C=C1C[C@H]2[C@@H]3C=C(SC#N)C4=CC(=O)CC[C@]4(C)[C@H]3CC[C@]2(C)[C@@]1(OC(C)=O)C(C)=O. The van der Waals surface area contributed by atoms with E-state index in [0.29, 0.717) is 24.3 Å². The summed E-state index contributed by atoms with van der Waals surface area (Å²) >= 11 is 1.12. The molecule has 31 heavy (non-hydrogen) atoms. The Labute approximate surface area is 188 Å². The summed E-state index contributed by atoms with van der Waals surface area (Å²) < 4.78 is 5.82. The maximum atomic E-state index is 13.0. The van der Waals surface area contributed by atoms with Crippen molar-refractivity contribution in [1.29, 1.82) is 5.26 Å². The van der Waals surface area contributed by atoms with Crippen LogP contribution < -0.4 is 0 Å². The van der Waals surface area contributed by atoms with Crippen LogP contribution in [0.3, 0.4) is 0 Å². The minimum Gasteiger partial charge on any atom is -0.446 e. The van der Waals surface area contributed by atoms with Crippen LogP contribution in [-0.2, 0) is 19.1 Å². The van der Waals surface area contributed by atoms with Crippen LogP contribution in [0.15, 0.2) is 34.8 Å². The van der Waals surface area contributed by atoms with Crippen molar-refractivity contribution in [3.8, 4) is 5.40 Å². The van der Waals surface area contributed by atoms with Crippen LogP contribution in [0, 0.1) is 39.2 Å². The van der Waals surface area contributed by atoms with Gasteiger partial charge >= 0.3 is 5.97 Å². The molecule has 6 atom stereocenters. The lowest BCUT2D eigenvalue weighted by Crippen LogP contribution is -2.58. The third kappa shape index (κ3) is 2.85. The average Bonchev–Trinajstić information content (AvgIpc) is 2.91. The molecule has 0 aliphatic heterocycles. The van der Waals surface area contributed by atoms with E-state index in [1.165, 1.54) is 13.8 Å². The molecule has 0 aromatic rings. The number of rotatable bonds is 3. The molecule has 0 spiro atoms. The first-order valence-electron chi connectivity index (χ1n) is 10.9. The van der Waals surface area contributed by atoms with Crippen molar-refractivity contribution in [2.75, 3.05) is 0 Å². The van der Waals surface area contributed by atoms with Crippen LogP contribution in [-0.4, -0.2) is 23.1 Å². The number of thioether (sulfide) groups is 1. The molecule has 0 N–H and O–H groups in total. The van der Waals surface area contributed by atoms with Gasteiger partial charge in [-0.05, 0) is 84.8 Å². The predicted molar refractivity (Wildman–Crippen MR) is 118 cm³/mol. The average molecular weight is 440 g/mol. The molecule has 0 saturated heterocycles. The van der Waals surface area contributed by atoms with E-state index in [2.05, 4.69) is 31.9 Å². The van der Waals surface area contributed by atoms with Crippen molar-refractivity contribution < 1.29 is 19.1 Å². The summed E-state index contributed by atoms with van der Waals surface area (Å²) in [6.45, 7) is 11.4. The maximum absolute atomic E-state index is 13.0. The van der Waals surface area contributed by atoms with E-state index < -0.39 is 17.0 Å². The van der Waals surface area contributed by atoms with Gasteiger partial charge in [-0.2, -0.15) is 5.26 Å². The number of hydrogen-bond acceptors (Lipinski definition) is 6. The first kappa shape index (κ1) is 22.1. The number of hydrogen-bond donors (Lipinski definition) is 0. The molecule has 0 radical (unpaired) electrons. The number of fused-ring (bicyclic) bond motifs is 5. The van der Waals surface area contributed by atoms with E-state index in [-0.39, 0.29) is 28.8 Å². The molecule has 5 nitrogen and oxygen atoms in total. The zero-order valence-corrected chi connectivity index (χ0v) is 19.4.